The van der Waals surface area contributed by atoms with Gasteiger partial charge in [-0.2, -0.15) is 22.0 Å². The first-order valence-corrected chi connectivity index (χ1v) is 3.57. The molecule has 0 aliphatic rings. The first-order chi connectivity index (χ1) is 6.93. The number of halogens is 10. The lowest BCUT2D eigenvalue weighted by Gasteiger charge is -2.26. The van der Waals surface area contributed by atoms with Gasteiger partial charge in [-0.05, 0) is 0 Å². The molecule has 0 saturated heterocycles. The molecule has 0 aromatic carbocycles. The number of rotatable bonds is 4. The molecule has 16 heavy (non-hydrogen) atoms. The van der Waals surface area contributed by atoms with Gasteiger partial charge in [-0.15, -0.1) is 0 Å². The Morgan fingerprint density at radius 2 is 1.00 bits per heavy atom. The number of alkyl halides is 10. The van der Waals surface area contributed by atoms with Gasteiger partial charge in [-0.25, -0.2) is 22.0 Å². The molecule has 0 amide bonds. The molecular formula is C6H4F10. The van der Waals surface area contributed by atoms with Gasteiger partial charge in [0.2, 0.25) is 6.17 Å². The SMILES string of the molecule is FC(F)C(F)C(F)C(F)C(F)(F)C(F)(F)F. The summed E-state index contributed by atoms with van der Waals surface area (Å²) in [6.45, 7) is 0. The Balaban J connectivity index is 4.86. The van der Waals surface area contributed by atoms with E-state index in [1.807, 2.05) is 0 Å². The van der Waals surface area contributed by atoms with Gasteiger partial charge in [-0.1, -0.05) is 0 Å². The zero-order valence-electron chi connectivity index (χ0n) is 7.09. The summed E-state index contributed by atoms with van der Waals surface area (Å²) in [5, 5.41) is 0. The normalized spacial score (nSPS) is 19.7. The van der Waals surface area contributed by atoms with Crippen LogP contribution in [0.15, 0.2) is 0 Å². The fourth-order valence-corrected chi connectivity index (χ4v) is 0.657. The molecule has 0 aromatic rings. The Labute approximate surface area is 82.2 Å². The predicted octanol–water partition coefficient (Wildman–Crippen LogP) is 3.46. The highest BCUT2D eigenvalue weighted by atomic mass is 19.4. The van der Waals surface area contributed by atoms with Crippen molar-refractivity contribution in [3.63, 3.8) is 0 Å². The molecule has 0 aromatic heterocycles. The van der Waals surface area contributed by atoms with Crippen LogP contribution < -0.4 is 0 Å². The molecule has 0 bridgehead atoms. The lowest BCUT2D eigenvalue weighted by molar-refractivity contribution is -0.312. The molecule has 0 spiro atoms. The molecule has 98 valence electrons. The first kappa shape index (κ1) is 15.3. The van der Waals surface area contributed by atoms with Gasteiger partial charge >= 0.3 is 12.1 Å². The minimum absolute atomic E-state index is 4.05. The summed E-state index contributed by atoms with van der Waals surface area (Å²) in [6, 6.07) is 0. The zero-order valence-corrected chi connectivity index (χ0v) is 7.09. The molecular weight excluding hydrogens is 262 g/mol. The Morgan fingerprint density at radius 1 is 0.625 bits per heavy atom. The molecule has 0 rings (SSSR count). The predicted molar refractivity (Wildman–Crippen MR) is 31.7 cm³/mol. The van der Waals surface area contributed by atoms with E-state index in [-0.39, 0.29) is 0 Å². The zero-order chi connectivity index (χ0) is 13.3. The highest BCUT2D eigenvalue weighted by Gasteiger charge is 2.66. The second-order valence-electron chi connectivity index (χ2n) is 2.75. The molecule has 0 saturated carbocycles. The molecule has 0 N–H and O–H groups in total. The van der Waals surface area contributed by atoms with E-state index in [0.717, 1.165) is 0 Å². The average Bonchev–Trinajstić information content (AvgIpc) is 2.12. The maximum atomic E-state index is 12.3. The summed E-state index contributed by atoms with van der Waals surface area (Å²) in [5.41, 5.74) is 0. The molecule has 0 aliphatic carbocycles. The van der Waals surface area contributed by atoms with Crippen LogP contribution in [-0.4, -0.2) is 37.0 Å². The Morgan fingerprint density at radius 3 is 1.25 bits per heavy atom. The van der Waals surface area contributed by atoms with Crippen LogP contribution in [0.3, 0.4) is 0 Å². The van der Waals surface area contributed by atoms with Gasteiger partial charge in [0.05, 0.1) is 0 Å². The van der Waals surface area contributed by atoms with E-state index < -0.39 is 37.0 Å². The van der Waals surface area contributed by atoms with E-state index in [9.17, 15) is 43.9 Å². The van der Waals surface area contributed by atoms with Crippen molar-refractivity contribution < 1.29 is 43.9 Å². The van der Waals surface area contributed by atoms with E-state index in [0.29, 0.717) is 0 Å². The highest BCUT2D eigenvalue weighted by molar-refractivity contribution is 4.92. The van der Waals surface area contributed by atoms with Crippen molar-refractivity contribution in [2.24, 2.45) is 0 Å². The standard InChI is InChI=1S/C6H4F10/c7-1(2(8)4(10)11)3(9)5(12,13)6(14,15)16/h1-4H. The van der Waals surface area contributed by atoms with Crippen molar-refractivity contribution in [3.05, 3.63) is 0 Å². The molecule has 0 radical (unpaired) electrons. The van der Waals surface area contributed by atoms with E-state index in [1.165, 1.54) is 0 Å². The third kappa shape index (κ3) is 2.91. The molecule has 0 heterocycles. The van der Waals surface area contributed by atoms with Crippen LogP contribution in [0.2, 0.25) is 0 Å². The smallest absolute Gasteiger partial charge is 0.241 e. The second kappa shape index (κ2) is 4.66. The molecule has 0 aliphatic heterocycles. The second-order valence-corrected chi connectivity index (χ2v) is 2.75. The van der Waals surface area contributed by atoms with Gasteiger partial charge in [-0.3, -0.25) is 0 Å². The van der Waals surface area contributed by atoms with Crippen molar-refractivity contribution >= 4 is 0 Å². The maximum absolute atomic E-state index is 12.3. The van der Waals surface area contributed by atoms with Gasteiger partial charge in [0.15, 0.2) is 12.3 Å². The Bertz CT molecular complexity index is 220. The van der Waals surface area contributed by atoms with Crippen molar-refractivity contribution in [1.29, 1.82) is 0 Å². The minimum atomic E-state index is -6.49. The van der Waals surface area contributed by atoms with E-state index >= 15 is 0 Å². The fraction of sp³-hybridized carbons (Fsp3) is 1.00. The van der Waals surface area contributed by atoms with Crippen molar-refractivity contribution in [1.82, 2.24) is 0 Å². The monoisotopic (exact) mass is 266 g/mol. The van der Waals surface area contributed by atoms with Gasteiger partial charge < -0.3 is 0 Å². The van der Waals surface area contributed by atoms with E-state index in [2.05, 4.69) is 0 Å². The largest absolute Gasteiger partial charge is 0.456 e. The highest BCUT2D eigenvalue weighted by Crippen LogP contribution is 2.42. The van der Waals surface area contributed by atoms with Crippen molar-refractivity contribution in [2.45, 2.75) is 37.0 Å². The van der Waals surface area contributed by atoms with Gasteiger partial charge in [0.1, 0.15) is 0 Å². The number of hydrogen-bond donors (Lipinski definition) is 0. The molecule has 0 nitrogen and oxygen atoms in total. The summed E-state index contributed by atoms with van der Waals surface area (Å²) in [4.78, 5) is 0. The third-order valence-electron chi connectivity index (χ3n) is 1.55. The Hall–Kier alpha value is -0.700. The van der Waals surface area contributed by atoms with Crippen molar-refractivity contribution in [3.8, 4) is 0 Å². The van der Waals surface area contributed by atoms with Crippen LogP contribution in [-0.2, 0) is 0 Å². The lowest BCUT2D eigenvalue weighted by atomic mass is 10.1. The van der Waals surface area contributed by atoms with Crippen LogP contribution in [0.4, 0.5) is 43.9 Å². The summed E-state index contributed by atoms with van der Waals surface area (Å²) in [5.74, 6) is -6.23. The van der Waals surface area contributed by atoms with Gasteiger partial charge in [0, 0.05) is 0 Å². The molecule has 3 atom stereocenters. The summed E-state index contributed by atoms with van der Waals surface area (Å²) >= 11 is 0. The summed E-state index contributed by atoms with van der Waals surface area (Å²) in [7, 11) is 0. The van der Waals surface area contributed by atoms with Crippen LogP contribution in [0.5, 0.6) is 0 Å². The molecule has 0 fully saturated rings. The summed E-state index contributed by atoms with van der Waals surface area (Å²) < 4.78 is 118. The molecule has 3 unspecified atom stereocenters. The topological polar surface area (TPSA) is 0 Å². The number of hydrogen-bond acceptors (Lipinski definition) is 0. The lowest BCUT2D eigenvalue weighted by Crippen LogP contribution is -2.52. The van der Waals surface area contributed by atoms with Crippen LogP contribution in [0.1, 0.15) is 0 Å². The third-order valence-corrected chi connectivity index (χ3v) is 1.55. The average molecular weight is 266 g/mol. The Kier molecular flexibility index (Phi) is 4.46. The van der Waals surface area contributed by atoms with Crippen LogP contribution >= 0.6 is 0 Å². The van der Waals surface area contributed by atoms with Crippen LogP contribution in [0, 0.1) is 0 Å². The minimum Gasteiger partial charge on any atom is -0.241 e. The van der Waals surface area contributed by atoms with Crippen LogP contribution in [0.25, 0.3) is 0 Å². The molecule has 10 heteroatoms. The quantitative estimate of drug-likeness (QED) is 0.683. The van der Waals surface area contributed by atoms with Crippen molar-refractivity contribution in [2.75, 3.05) is 0 Å². The fourth-order valence-electron chi connectivity index (χ4n) is 0.657. The van der Waals surface area contributed by atoms with E-state index in [4.69, 9.17) is 0 Å². The van der Waals surface area contributed by atoms with Gasteiger partial charge in [0.25, 0.3) is 6.43 Å². The summed E-state index contributed by atoms with van der Waals surface area (Å²) in [6.07, 6.45) is -23.7. The van der Waals surface area contributed by atoms with E-state index in [1.54, 1.807) is 0 Å². The maximum Gasteiger partial charge on any atom is 0.456 e. The first-order valence-electron chi connectivity index (χ1n) is 3.57.